The lowest BCUT2D eigenvalue weighted by atomic mass is 10.1. The van der Waals surface area contributed by atoms with Crippen LogP contribution in [0.3, 0.4) is 0 Å². The van der Waals surface area contributed by atoms with Crippen LogP contribution >= 0.6 is 0 Å². The van der Waals surface area contributed by atoms with E-state index in [4.69, 9.17) is 0 Å². The number of carbonyl (C=O) groups is 1. The van der Waals surface area contributed by atoms with Crippen molar-refractivity contribution < 1.29 is 39.6 Å². The lowest BCUT2D eigenvalue weighted by molar-refractivity contribution is -0.143. The molecule has 0 saturated carbocycles. The van der Waals surface area contributed by atoms with Crippen LogP contribution in [0.4, 0.5) is 32.0 Å². The summed E-state index contributed by atoms with van der Waals surface area (Å²) in [4.78, 5) is 12.3. The standard InChI is InChI=1S/C18H17F6N3O3S/c1-26-10-14(31(29,30)27-4-2-3-5-27)9-15(26)16(28)25-13-7-11(17(19,20)21)6-12(8-13)18(22,23)24/h6-10H,2-5H2,1H3,(H,25,28). The van der Waals surface area contributed by atoms with Gasteiger partial charge in [-0.15, -0.1) is 0 Å². The van der Waals surface area contributed by atoms with E-state index in [1.165, 1.54) is 11.4 Å². The lowest BCUT2D eigenvalue weighted by Gasteiger charge is -2.15. The maximum atomic E-state index is 13.0. The van der Waals surface area contributed by atoms with Crippen LogP contribution in [0.5, 0.6) is 0 Å². The summed E-state index contributed by atoms with van der Waals surface area (Å²) < 4.78 is 106. The summed E-state index contributed by atoms with van der Waals surface area (Å²) in [6.45, 7) is 0.645. The second-order valence-electron chi connectivity index (χ2n) is 7.03. The number of rotatable bonds is 4. The zero-order valence-electron chi connectivity index (χ0n) is 16.0. The van der Waals surface area contributed by atoms with Gasteiger partial charge in [0.05, 0.1) is 11.1 Å². The monoisotopic (exact) mass is 469 g/mol. The number of sulfonamides is 1. The molecule has 1 amide bonds. The number of carbonyl (C=O) groups excluding carboxylic acids is 1. The van der Waals surface area contributed by atoms with Crippen LogP contribution in [0.1, 0.15) is 34.5 Å². The fraction of sp³-hybridized carbons (Fsp3) is 0.389. The van der Waals surface area contributed by atoms with E-state index in [0.717, 1.165) is 16.8 Å². The highest BCUT2D eigenvalue weighted by Gasteiger charge is 2.37. The molecule has 1 aromatic carbocycles. The summed E-state index contributed by atoms with van der Waals surface area (Å²) in [6.07, 6.45) is -7.59. The Bertz CT molecular complexity index is 1070. The number of hydrogen-bond donors (Lipinski definition) is 1. The molecule has 13 heteroatoms. The van der Waals surface area contributed by atoms with E-state index in [0.29, 0.717) is 38.1 Å². The van der Waals surface area contributed by atoms with E-state index in [1.54, 1.807) is 0 Å². The second kappa shape index (κ2) is 7.86. The van der Waals surface area contributed by atoms with E-state index in [9.17, 15) is 39.6 Å². The first-order valence-electron chi connectivity index (χ1n) is 8.97. The molecule has 1 aliphatic heterocycles. The highest BCUT2D eigenvalue weighted by molar-refractivity contribution is 7.89. The summed E-state index contributed by atoms with van der Waals surface area (Å²) in [5, 5.41) is 1.99. The first-order chi connectivity index (χ1) is 14.2. The average molecular weight is 469 g/mol. The third-order valence-corrected chi connectivity index (χ3v) is 6.62. The number of amides is 1. The van der Waals surface area contributed by atoms with Crippen LogP contribution in [0.25, 0.3) is 0 Å². The van der Waals surface area contributed by atoms with E-state index >= 15 is 0 Å². The van der Waals surface area contributed by atoms with E-state index < -0.39 is 45.1 Å². The van der Waals surface area contributed by atoms with Crippen molar-refractivity contribution in [1.29, 1.82) is 0 Å². The normalized spacial score (nSPS) is 16.0. The van der Waals surface area contributed by atoms with Crippen molar-refractivity contribution in [3.8, 4) is 0 Å². The number of nitrogens with zero attached hydrogens (tertiary/aromatic N) is 2. The van der Waals surface area contributed by atoms with Crippen LogP contribution in [0.15, 0.2) is 35.4 Å². The van der Waals surface area contributed by atoms with Gasteiger partial charge in [0, 0.05) is 32.0 Å². The molecule has 1 N–H and O–H groups in total. The molecule has 3 rings (SSSR count). The Morgan fingerprint density at radius 2 is 1.45 bits per heavy atom. The predicted octanol–water partition coefficient (Wildman–Crippen LogP) is 4.10. The molecule has 0 spiro atoms. The van der Waals surface area contributed by atoms with Gasteiger partial charge < -0.3 is 9.88 Å². The van der Waals surface area contributed by atoms with Crippen molar-refractivity contribution in [2.45, 2.75) is 30.1 Å². The van der Waals surface area contributed by atoms with Gasteiger partial charge in [-0.3, -0.25) is 4.79 Å². The molecule has 1 aromatic heterocycles. The van der Waals surface area contributed by atoms with Gasteiger partial charge in [0.1, 0.15) is 10.6 Å². The molecule has 2 heterocycles. The molecule has 0 atom stereocenters. The Hall–Kier alpha value is -2.54. The van der Waals surface area contributed by atoms with Gasteiger partial charge in [-0.2, -0.15) is 30.6 Å². The van der Waals surface area contributed by atoms with Crippen molar-refractivity contribution in [2.75, 3.05) is 18.4 Å². The molecule has 31 heavy (non-hydrogen) atoms. The van der Waals surface area contributed by atoms with E-state index in [1.807, 2.05) is 5.32 Å². The topological polar surface area (TPSA) is 71.4 Å². The number of nitrogens with one attached hydrogen (secondary N) is 1. The minimum atomic E-state index is -5.07. The zero-order valence-corrected chi connectivity index (χ0v) is 16.8. The molecule has 0 bridgehead atoms. The van der Waals surface area contributed by atoms with Gasteiger partial charge >= 0.3 is 12.4 Å². The quantitative estimate of drug-likeness (QED) is 0.686. The molecule has 2 aromatic rings. The Labute approximate surface area is 173 Å². The van der Waals surface area contributed by atoms with Gasteiger partial charge in [-0.25, -0.2) is 8.42 Å². The zero-order chi connectivity index (χ0) is 23.2. The minimum Gasteiger partial charge on any atom is -0.345 e. The summed E-state index contributed by atoms with van der Waals surface area (Å²) in [7, 11) is -2.53. The number of alkyl halides is 6. The molecule has 1 aliphatic rings. The number of anilines is 1. The number of benzene rings is 1. The van der Waals surface area contributed by atoms with Gasteiger partial charge in [0.25, 0.3) is 5.91 Å². The van der Waals surface area contributed by atoms with Crippen LogP contribution in [-0.4, -0.2) is 36.3 Å². The number of aryl methyl sites for hydroxylation is 1. The van der Waals surface area contributed by atoms with Crippen molar-refractivity contribution in [3.63, 3.8) is 0 Å². The van der Waals surface area contributed by atoms with Crippen LogP contribution in [0, 0.1) is 0 Å². The van der Waals surface area contributed by atoms with E-state index in [2.05, 4.69) is 0 Å². The first kappa shape index (κ1) is 23.1. The number of hydrogen-bond acceptors (Lipinski definition) is 3. The van der Waals surface area contributed by atoms with Crippen molar-refractivity contribution in [2.24, 2.45) is 7.05 Å². The average Bonchev–Trinajstić information content (AvgIpc) is 3.30. The molecule has 1 saturated heterocycles. The fourth-order valence-electron chi connectivity index (χ4n) is 3.20. The molecular formula is C18H17F6N3O3S. The van der Waals surface area contributed by atoms with Crippen LogP contribution in [-0.2, 0) is 29.4 Å². The molecule has 0 unspecified atom stereocenters. The summed E-state index contributed by atoms with van der Waals surface area (Å²) in [5.41, 5.74) is -4.13. The maximum absolute atomic E-state index is 13.0. The summed E-state index contributed by atoms with van der Waals surface area (Å²) >= 11 is 0. The van der Waals surface area contributed by atoms with Crippen LogP contribution < -0.4 is 5.32 Å². The first-order valence-corrected chi connectivity index (χ1v) is 10.4. The third-order valence-electron chi connectivity index (χ3n) is 4.76. The molecule has 1 fully saturated rings. The molecular weight excluding hydrogens is 452 g/mol. The Morgan fingerprint density at radius 1 is 0.935 bits per heavy atom. The number of aromatic nitrogens is 1. The lowest BCUT2D eigenvalue weighted by Crippen LogP contribution is -2.27. The third kappa shape index (κ3) is 4.87. The molecule has 0 aliphatic carbocycles. The molecule has 6 nitrogen and oxygen atoms in total. The number of halogens is 6. The maximum Gasteiger partial charge on any atom is 0.416 e. The smallest absolute Gasteiger partial charge is 0.345 e. The summed E-state index contributed by atoms with van der Waals surface area (Å²) in [6, 6.07) is 1.72. The van der Waals surface area contributed by atoms with Gasteiger partial charge in [-0.05, 0) is 37.1 Å². The Morgan fingerprint density at radius 3 is 1.94 bits per heavy atom. The fourth-order valence-corrected chi connectivity index (χ4v) is 4.79. The van der Waals surface area contributed by atoms with Crippen molar-refractivity contribution in [1.82, 2.24) is 8.87 Å². The Balaban J connectivity index is 1.92. The SMILES string of the molecule is Cn1cc(S(=O)(=O)N2CCCC2)cc1C(=O)Nc1cc(C(F)(F)F)cc(C(F)(F)F)c1. The largest absolute Gasteiger partial charge is 0.416 e. The van der Waals surface area contributed by atoms with E-state index in [-0.39, 0.29) is 16.7 Å². The second-order valence-corrected chi connectivity index (χ2v) is 8.97. The van der Waals surface area contributed by atoms with Gasteiger partial charge in [-0.1, -0.05) is 0 Å². The predicted molar refractivity (Wildman–Crippen MR) is 97.8 cm³/mol. The van der Waals surface area contributed by atoms with Crippen molar-refractivity contribution >= 4 is 21.6 Å². The Kier molecular flexibility index (Phi) is 5.86. The van der Waals surface area contributed by atoms with Crippen molar-refractivity contribution in [3.05, 3.63) is 47.3 Å². The molecule has 170 valence electrons. The molecule has 0 radical (unpaired) electrons. The minimum absolute atomic E-state index is 0.0566. The van der Waals surface area contributed by atoms with Crippen LogP contribution in [0.2, 0.25) is 0 Å². The van der Waals surface area contributed by atoms with Gasteiger partial charge in [0.15, 0.2) is 0 Å². The van der Waals surface area contributed by atoms with Gasteiger partial charge in [0.2, 0.25) is 10.0 Å². The highest BCUT2D eigenvalue weighted by atomic mass is 32.2. The summed E-state index contributed by atoms with van der Waals surface area (Å²) in [5.74, 6) is -1.06. The highest BCUT2D eigenvalue weighted by Crippen LogP contribution is 2.37.